The van der Waals surface area contributed by atoms with Gasteiger partial charge in [-0.1, -0.05) is 6.07 Å². The molecule has 0 radical (unpaired) electrons. The van der Waals surface area contributed by atoms with Gasteiger partial charge in [0.25, 0.3) is 0 Å². The number of allylic oxidation sites excluding steroid dienone is 1. The van der Waals surface area contributed by atoms with Gasteiger partial charge in [-0.25, -0.2) is 4.98 Å². The van der Waals surface area contributed by atoms with Crippen molar-refractivity contribution >= 4 is 34.5 Å². The summed E-state index contributed by atoms with van der Waals surface area (Å²) in [4.78, 5) is 17.9. The van der Waals surface area contributed by atoms with Crippen molar-refractivity contribution in [3.63, 3.8) is 0 Å². The van der Waals surface area contributed by atoms with Gasteiger partial charge in [-0.05, 0) is 41.8 Å². The van der Waals surface area contributed by atoms with Gasteiger partial charge in [0.2, 0.25) is 6.79 Å². The summed E-state index contributed by atoms with van der Waals surface area (Å²) in [6.45, 7) is 0.202. The molecule has 4 rings (SSSR count). The highest BCUT2D eigenvalue weighted by Crippen LogP contribution is 2.33. The predicted molar refractivity (Wildman–Crippen MR) is 91.4 cm³/mol. The number of ether oxygens (including phenoxy) is 2. The normalized spacial score (nSPS) is 12.9. The summed E-state index contributed by atoms with van der Waals surface area (Å²) >= 11 is 3.22. The smallest absolute Gasteiger partial charge is 0.231 e. The summed E-state index contributed by atoms with van der Waals surface area (Å²) in [5.74, 6) is 1.19. The first-order chi connectivity index (χ1) is 11.3. The minimum Gasteiger partial charge on any atom is -0.454 e. The minimum atomic E-state index is -0.0889. The molecule has 3 aromatic rings. The number of thiophene rings is 1. The van der Waals surface area contributed by atoms with Gasteiger partial charge in [0, 0.05) is 10.9 Å². The summed E-state index contributed by atoms with van der Waals surface area (Å²) in [6.07, 6.45) is 3.27. The Hall–Kier alpha value is -2.44. The van der Waals surface area contributed by atoms with E-state index in [4.69, 9.17) is 9.47 Å². The summed E-state index contributed by atoms with van der Waals surface area (Å²) in [6, 6.07) is 9.22. The monoisotopic (exact) mass is 341 g/mol. The van der Waals surface area contributed by atoms with E-state index >= 15 is 0 Å². The van der Waals surface area contributed by atoms with Gasteiger partial charge in [0.1, 0.15) is 5.01 Å². The maximum absolute atomic E-state index is 12.2. The molecule has 1 aliphatic rings. The van der Waals surface area contributed by atoms with Crippen LogP contribution in [0.5, 0.6) is 11.5 Å². The third kappa shape index (κ3) is 2.91. The number of hydrogen-bond donors (Lipinski definition) is 0. The first kappa shape index (κ1) is 14.2. The highest BCUT2D eigenvalue weighted by Gasteiger charge is 2.15. The van der Waals surface area contributed by atoms with Gasteiger partial charge in [0.15, 0.2) is 17.3 Å². The molecule has 2 aromatic heterocycles. The molecular weight excluding hydrogens is 330 g/mol. The van der Waals surface area contributed by atoms with E-state index in [0.717, 1.165) is 15.6 Å². The van der Waals surface area contributed by atoms with E-state index in [2.05, 4.69) is 4.98 Å². The standard InChI is InChI=1S/C17H11NO3S2/c19-13(11-3-6-14-15(8-11)21-10-20-14)5-4-12-9-23-17(18-12)16-2-1-7-22-16/h1-9H,10H2. The summed E-state index contributed by atoms with van der Waals surface area (Å²) < 4.78 is 10.5. The van der Waals surface area contributed by atoms with Crippen LogP contribution in [0.15, 0.2) is 47.2 Å². The second kappa shape index (κ2) is 5.98. The molecule has 3 heterocycles. The van der Waals surface area contributed by atoms with Crippen molar-refractivity contribution in [2.24, 2.45) is 0 Å². The van der Waals surface area contributed by atoms with Crippen molar-refractivity contribution in [2.75, 3.05) is 6.79 Å². The Morgan fingerprint density at radius 1 is 1.17 bits per heavy atom. The Morgan fingerprint density at radius 2 is 2.09 bits per heavy atom. The lowest BCUT2D eigenvalue weighted by Crippen LogP contribution is -1.94. The van der Waals surface area contributed by atoms with Crippen LogP contribution in [0.3, 0.4) is 0 Å². The van der Waals surface area contributed by atoms with Crippen LogP contribution < -0.4 is 9.47 Å². The Balaban J connectivity index is 1.51. The van der Waals surface area contributed by atoms with E-state index in [-0.39, 0.29) is 12.6 Å². The molecular formula is C17H11NO3S2. The third-order valence-corrected chi connectivity index (χ3v) is 5.22. The average molecular weight is 341 g/mol. The van der Waals surface area contributed by atoms with Crippen molar-refractivity contribution in [1.29, 1.82) is 0 Å². The molecule has 0 atom stereocenters. The lowest BCUT2D eigenvalue weighted by atomic mass is 10.1. The molecule has 1 aliphatic heterocycles. The first-order valence-corrected chi connectivity index (χ1v) is 8.67. The van der Waals surface area contributed by atoms with E-state index in [1.54, 1.807) is 46.9 Å². The number of fused-ring (bicyclic) bond motifs is 1. The number of nitrogens with zero attached hydrogens (tertiary/aromatic N) is 1. The van der Waals surface area contributed by atoms with Crippen molar-refractivity contribution in [3.05, 3.63) is 58.4 Å². The topological polar surface area (TPSA) is 48.4 Å². The number of carbonyl (C=O) groups excluding carboxylic acids is 1. The maximum atomic E-state index is 12.2. The fraction of sp³-hybridized carbons (Fsp3) is 0.0588. The zero-order chi connectivity index (χ0) is 15.6. The van der Waals surface area contributed by atoms with E-state index in [0.29, 0.717) is 17.1 Å². The molecule has 0 saturated carbocycles. The number of rotatable bonds is 4. The van der Waals surface area contributed by atoms with Gasteiger partial charge >= 0.3 is 0 Å². The fourth-order valence-electron chi connectivity index (χ4n) is 2.18. The number of ketones is 1. The average Bonchev–Trinajstić information content (AvgIpc) is 3.32. The number of benzene rings is 1. The van der Waals surface area contributed by atoms with E-state index < -0.39 is 0 Å². The molecule has 0 amide bonds. The van der Waals surface area contributed by atoms with E-state index in [1.807, 2.05) is 22.9 Å². The zero-order valence-electron chi connectivity index (χ0n) is 11.9. The molecule has 0 aliphatic carbocycles. The largest absolute Gasteiger partial charge is 0.454 e. The number of thiazole rings is 1. The molecule has 4 nitrogen and oxygen atoms in total. The fourth-order valence-corrected chi connectivity index (χ4v) is 3.79. The second-order valence-electron chi connectivity index (χ2n) is 4.82. The molecule has 0 spiro atoms. The maximum Gasteiger partial charge on any atom is 0.231 e. The second-order valence-corrected chi connectivity index (χ2v) is 6.63. The molecule has 1 aromatic carbocycles. The van der Waals surface area contributed by atoms with Gasteiger partial charge in [-0.3, -0.25) is 4.79 Å². The number of carbonyl (C=O) groups is 1. The molecule has 0 N–H and O–H groups in total. The van der Waals surface area contributed by atoms with Crippen LogP contribution in [-0.2, 0) is 0 Å². The van der Waals surface area contributed by atoms with E-state index in [9.17, 15) is 4.79 Å². The number of hydrogen-bond acceptors (Lipinski definition) is 6. The quantitative estimate of drug-likeness (QED) is 0.518. The van der Waals surface area contributed by atoms with Crippen molar-refractivity contribution in [3.8, 4) is 21.4 Å². The Kier molecular flexibility index (Phi) is 3.69. The molecule has 0 fully saturated rings. The summed E-state index contributed by atoms with van der Waals surface area (Å²) in [7, 11) is 0. The Morgan fingerprint density at radius 3 is 2.96 bits per heavy atom. The van der Waals surface area contributed by atoms with Gasteiger partial charge in [-0.15, -0.1) is 22.7 Å². The van der Waals surface area contributed by atoms with Crippen molar-refractivity contribution in [1.82, 2.24) is 4.98 Å². The molecule has 23 heavy (non-hydrogen) atoms. The highest BCUT2D eigenvalue weighted by atomic mass is 32.1. The van der Waals surface area contributed by atoms with Crippen molar-refractivity contribution < 1.29 is 14.3 Å². The van der Waals surface area contributed by atoms with Gasteiger partial charge in [0.05, 0.1) is 10.6 Å². The van der Waals surface area contributed by atoms with Crippen LogP contribution in [0.25, 0.3) is 16.0 Å². The Bertz CT molecular complexity index is 881. The molecule has 114 valence electrons. The molecule has 0 saturated heterocycles. The third-order valence-electron chi connectivity index (χ3n) is 3.32. The lowest BCUT2D eigenvalue weighted by molar-refractivity contribution is 0.104. The lowest BCUT2D eigenvalue weighted by Gasteiger charge is -1.98. The van der Waals surface area contributed by atoms with Crippen molar-refractivity contribution in [2.45, 2.75) is 0 Å². The highest BCUT2D eigenvalue weighted by molar-refractivity contribution is 7.20. The first-order valence-electron chi connectivity index (χ1n) is 6.91. The van der Waals surface area contributed by atoms with Gasteiger partial charge in [-0.2, -0.15) is 0 Å². The van der Waals surface area contributed by atoms with Gasteiger partial charge < -0.3 is 9.47 Å². The zero-order valence-corrected chi connectivity index (χ0v) is 13.5. The minimum absolute atomic E-state index is 0.0889. The Labute approximate surface area is 140 Å². The van der Waals surface area contributed by atoms with E-state index in [1.165, 1.54) is 6.08 Å². The van der Waals surface area contributed by atoms with Crippen LogP contribution in [-0.4, -0.2) is 17.6 Å². The van der Waals surface area contributed by atoms with Crippen LogP contribution >= 0.6 is 22.7 Å². The van der Waals surface area contributed by atoms with Crippen LogP contribution in [0.4, 0.5) is 0 Å². The predicted octanol–water partition coefficient (Wildman–Crippen LogP) is 4.50. The van der Waals surface area contributed by atoms with Crippen LogP contribution in [0.1, 0.15) is 16.1 Å². The van der Waals surface area contributed by atoms with Crippen LogP contribution in [0, 0.1) is 0 Å². The summed E-state index contributed by atoms with van der Waals surface area (Å²) in [5.41, 5.74) is 1.35. The molecule has 0 bridgehead atoms. The molecule has 6 heteroatoms. The summed E-state index contributed by atoms with van der Waals surface area (Å²) in [5, 5.41) is 4.93. The SMILES string of the molecule is O=C(C=Cc1csc(-c2cccs2)n1)c1ccc2c(c1)OCO2. The molecule has 0 unspecified atom stereocenters. The number of aromatic nitrogens is 1. The van der Waals surface area contributed by atoms with Crippen LogP contribution in [0.2, 0.25) is 0 Å².